The standard InChI is InChI=1S/C34H44N6O6/c41-29(37-39-33(45)25-15-19-27(20-16-25)35-31(43)23-9-3-1-4-10-23)13-7-8-14-30(42)38-40-34(46)26-17-21-28(22-18-26)36-32(44)24-11-5-2-6-12-24/h15-24H,1-14H2,(H,35,43)(H,36,44)(H,37,41)(H,38,42)(H,39,45)(H,40,46). The van der Waals surface area contributed by atoms with Gasteiger partial charge in [0.2, 0.25) is 23.6 Å². The van der Waals surface area contributed by atoms with E-state index in [0.717, 1.165) is 51.4 Å². The summed E-state index contributed by atoms with van der Waals surface area (Å²) in [5.41, 5.74) is 11.3. The average Bonchev–Trinajstić information content (AvgIpc) is 3.09. The summed E-state index contributed by atoms with van der Waals surface area (Å²) in [5.74, 6) is -1.72. The Morgan fingerprint density at radius 2 is 0.826 bits per heavy atom. The monoisotopic (exact) mass is 632 g/mol. The van der Waals surface area contributed by atoms with Crippen molar-refractivity contribution in [3.8, 4) is 0 Å². The third-order valence-electron chi connectivity index (χ3n) is 8.47. The third kappa shape index (κ3) is 11.0. The number of amides is 6. The molecule has 0 bridgehead atoms. The maximum Gasteiger partial charge on any atom is 0.269 e. The molecule has 2 aromatic rings. The topological polar surface area (TPSA) is 175 Å². The van der Waals surface area contributed by atoms with Gasteiger partial charge >= 0.3 is 0 Å². The van der Waals surface area contributed by atoms with E-state index in [2.05, 4.69) is 32.3 Å². The van der Waals surface area contributed by atoms with E-state index in [1.54, 1.807) is 48.5 Å². The molecule has 6 N–H and O–H groups in total. The molecular weight excluding hydrogens is 588 g/mol. The van der Waals surface area contributed by atoms with E-state index in [9.17, 15) is 28.8 Å². The number of hydrogen-bond donors (Lipinski definition) is 6. The van der Waals surface area contributed by atoms with Gasteiger partial charge in [-0.1, -0.05) is 38.5 Å². The van der Waals surface area contributed by atoms with Crippen molar-refractivity contribution in [2.24, 2.45) is 11.8 Å². The Labute approximate surface area is 269 Å². The molecule has 2 aromatic carbocycles. The number of benzene rings is 2. The third-order valence-corrected chi connectivity index (χ3v) is 8.47. The number of anilines is 2. The zero-order valence-electron chi connectivity index (χ0n) is 26.1. The smallest absolute Gasteiger partial charge is 0.269 e. The molecule has 0 radical (unpaired) electrons. The molecular formula is C34H44N6O6. The van der Waals surface area contributed by atoms with Crippen molar-refractivity contribution >= 4 is 46.8 Å². The predicted octanol–water partition coefficient (Wildman–Crippen LogP) is 4.51. The minimum absolute atomic E-state index is 0.00485. The van der Waals surface area contributed by atoms with Gasteiger partial charge in [-0.2, -0.15) is 0 Å². The summed E-state index contributed by atoms with van der Waals surface area (Å²) in [6, 6.07) is 12.9. The molecule has 4 rings (SSSR count). The Hall–Kier alpha value is -4.74. The van der Waals surface area contributed by atoms with Gasteiger partial charge < -0.3 is 10.6 Å². The molecule has 0 unspecified atom stereocenters. The number of nitrogens with one attached hydrogen (secondary N) is 6. The number of unbranched alkanes of at least 4 members (excludes halogenated alkanes) is 1. The molecule has 2 aliphatic carbocycles. The highest BCUT2D eigenvalue weighted by atomic mass is 16.2. The minimum Gasteiger partial charge on any atom is -0.326 e. The Balaban J connectivity index is 1.05. The van der Waals surface area contributed by atoms with Crippen LogP contribution in [0.25, 0.3) is 0 Å². The van der Waals surface area contributed by atoms with Gasteiger partial charge in [0, 0.05) is 47.2 Å². The number of hydrazine groups is 2. The Bertz CT molecular complexity index is 1260. The van der Waals surface area contributed by atoms with Crippen LogP contribution in [-0.4, -0.2) is 35.4 Å². The Morgan fingerprint density at radius 3 is 1.17 bits per heavy atom. The highest BCUT2D eigenvalue weighted by Crippen LogP contribution is 2.26. The molecule has 2 aliphatic rings. The van der Waals surface area contributed by atoms with Gasteiger partial charge in [0.05, 0.1) is 0 Å². The number of carbonyl (C=O) groups excluding carboxylic acids is 6. The maximum absolute atomic E-state index is 12.4. The van der Waals surface area contributed by atoms with Crippen LogP contribution in [0.3, 0.4) is 0 Å². The lowest BCUT2D eigenvalue weighted by Gasteiger charge is -2.20. The van der Waals surface area contributed by atoms with Crippen LogP contribution in [0.1, 0.15) is 111 Å². The summed E-state index contributed by atoms with van der Waals surface area (Å²) in [4.78, 5) is 73.8. The van der Waals surface area contributed by atoms with Crippen LogP contribution in [0, 0.1) is 11.8 Å². The zero-order chi connectivity index (χ0) is 32.7. The molecule has 0 aromatic heterocycles. The van der Waals surface area contributed by atoms with Crippen LogP contribution in [-0.2, 0) is 19.2 Å². The summed E-state index contributed by atoms with van der Waals surface area (Å²) in [6.45, 7) is 0. The molecule has 0 atom stereocenters. The van der Waals surface area contributed by atoms with Crippen molar-refractivity contribution in [3.05, 3.63) is 59.7 Å². The fraction of sp³-hybridized carbons (Fsp3) is 0.471. The minimum atomic E-state index is -0.493. The molecule has 246 valence electrons. The SMILES string of the molecule is O=C(CCCCC(=O)NNC(=O)c1ccc(NC(=O)C2CCCCC2)cc1)NNC(=O)c1ccc(NC(=O)C2CCCCC2)cc1. The first kappa shape index (κ1) is 34.1. The van der Waals surface area contributed by atoms with Crippen molar-refractivity contribution < 1.29 is 28.8 Å². The van der Waals surface area contributed by atoms with Crippen LogP contribution in [0.15, 0.2) is 48.5 Å². The number of hydrogen-bond acceptors (Lipinski definition) is 6. The van der Waals surface area contributed by atoms with Gasteiger partial charge in [0.25, 0.3) is 11.8 Å². The van der Waals surface area contributed by atoms with Crippen LogP contribution in [0.4, 0.5) is 11.4 Å². The predicted molar refractivity (Wildman–Crippen MR) is 173 cm³/mol. The van der Waals surface area contributed by atoms with Crippen molar-refractivity contribution in [1.82, 2.24) is 21.7 Å². The second-order valence-corrected chi connectivity index (χ2v) is 12.0. The molecule has 12 heteroatoms. The van der Waals surface area contributed by atoms with Gasteiger partial charge in [-0.3, -0.25) is 50.5 Å². The highest BCUT2D eigenvalue weighted by molar-refractivity contribution is 5.98. The molecule has 6 amide bonds. The first-order valence-electron chi connectivity index (χ1n) is 16.3. The molecule has 46 heavy (non-hydrogen) atoms. The summed E-state index contributed by atoms with van der Waals surface area (Å²) >= 11 is 0. The lowest BCUT2D eigenvalue weighted by Crippen LogP contribution is -2.42. The van der Waals surface area contributed by atoms with Gasteiger partial charge in [-0.15, -0.1) is 0 Å². The summed E-state index contributed by atoms with van der Waals surface area (Å²) in [5, 5.41) is 5.80. The van der Waals surface area contributed by atoms with E-state index in [-0.39, 0.29) is 36.5 Å². The number of carbonyl (C=O) groups is 6. The van der Waals surface area contributed by atoms with Crippen molar-refractivity contribution in [2.75, 3.05) is 10.6 Å². The second kappa shape index (κ2) is 17.7. The summed E-state index contributed by atoms with van der Waals surface area (Å²) in [7, 11) is 0. The van der Waals surface area contributed by atoms with Gasteiger partial charge in [0.1, 0.15) is 0 Å². The van der Waals surface area contributed by atoms with Crippen molar-refractivity contribution in [3.63, 3.8) is 0 Å². The molecule has 0 saturated heterocycles. The van der Waals surface area contributed by atoms with Crippen LogP contribution in [0.2, 0.25) is 0 Å². The van der Waals surface area contributed by atoms with E-state index in [0.29, 0.717) is 35.3 Å². The fourth-order valence-electron chi connectivity index (χ4n) is 5.72. The summed E-state index contributed by atoms with van der Waals surface area (Å²) < 4.78 is 0. The molecule has 2 saturated carbocycles. The molecule has 0 heterocycles. The fourth-order valence-corrected chi connectivity index (χ4v) is 5.72. The van der Waals surface area contributed by atoms with E-state index < -0.39 is 23.6 Å². The lowest BCUT2D eigenvalue weighted by atomic mass is 9.88. The van der Waals surface area contributed by atoms with E-state index in [4.69, 9.17) is 0 Å². The van der Waals surface area contributed by atoms with Crippen LogP contribution in [0.5, 0.6) is 0 Å². The molecule has 0 aliphatic heterocycles. The van der Waals surface area contributed by atoms with Crippen LogP contribution >= 0.6 is 0 Å². The summed E-state index contributed by atoms with van der Waals surface area (Å²) in [6.07, 6.45) is 11.2. The molecule has 12 nitrogen and oxygen atoms in total. The van der Waals surface area contributed by atoms with Gasteiger partial charge in [-0.25, -0.2) is 0 Å². The van der Waals surface area contributed by atoms with Crippen molar-refractivity contribution in [2.45, 2.75) is 89.9 Å². The average molecular weight is 633 g/mol. The van der Waals surface area contributed by atoms with E-state index >= 15 is 0 Å². The van der Waals surface area contributed by atoms with Gasteiger partial charge in [0.15, 0.2) is 0 Å². The quantitative estimate of drug-likeness (QED) is 0.157. The first-order chi connectivity index (χ1) is 22.3. The Kier molecular flexibility index (Phi) is 13.1. The first-order valence-corrected chi connectivity index (χ1v) is 16.3. The normalized spacial score (nSPS) is 15.2. The largest absolute Gasteiger partial charge is 0.326 e. The molecule has 2 fully saturated rings. The zero-order valence-corrected chi connectivity index (χ0v) is 26.1. The highest BCUT2D eigenvalue weighted by Gasteiger charge is 2.22. The number of rotatable bonds is 11. The molecule has 0 spiro atoms. The van der Waals surface area contributed by atoms with Crippen LogP contribution < -0.4 is 32.3 Å². The van der Waals surface area contributed by atoms with E-state index in [1.165, 1.54) is 12.8 Å². The van der Waals surface area contributed by atoms with E-state index in [1.807, 2.05) is 0 Å². The lowest BCUT2D eigenvalue weighted by molar-refractivity contribution is -0.123. The maximum atomic E-state index is 12.4. The van der Waals surface area contributed by atoms with Gasteiger partial charge in [-0.05, 0) is 87.1 Å². The second-order valence-electron chi connectivity index (χ2n) is 12.0. The van der Waals surface area contributed by atoms with Crippen molar-refractivity contribution in [1.29, 1.82) is 0 Å². The Morgan fingerprint density at radius 1 is 0.478 bits per heavy atom.